The quantitative estimate of drug-likeness (QED) is 0.595. The molecule has 0 aromatic carbocycles. The first-order chi connectivity index (χ1) is 6.83. The lowest BCUT2D eigenvalue weighted by atomic mass is 9.96. The molecule has 0 spiro atoms. The van der Waals surface area contributed by atoms with Crippen molar-refractivity contribution in [1.82, 2.24) is 4.90 Å². The summed E-state index contributed by atoms with van der Waals surface area (Å²) in [5, 5.41) is 0. The lowest BCUT2D eigenvalue weighted by Gasteiger charge is -2.35. The van der Waals surface area contributed by atoms with Crippen LogP contribution < -0.4 is 0 Å². The van der Waals surface area contributed by atoms with Gasteiger partial charge in [0.15, 0.2) is 0 Å². The molecule has 2 aliphatic heterocycles. The van der Waals surface area contributed by atoms with E-state index in [0.717, 1.165) is 25.7 Å². The maximum atomic E-state index is 11.5. The third-order valence-electron chi connectivity index (χ3n) is 3.05. The maximum absolute atomic E-state index is 11.5. The molecule has 2 aliphatic rings. The van der Waals surface area contributed by atoms with E-state index in [4.69, 9.17) is 4.74 Å². The lowest BCUT2D eigenvalue weighted by molar-refractivity contribution is -0.135. The maximum Gasteiger partial charge on any atom is 0.222 e. The number of amides is 1. The molecule has 0 aromatic rings. The van der Waals surface area contributed by atoms with Gasteiger partial charge in [-0.25, -0.2) is 0 Å². The van der Waals surface area contributed by atoms with E-state index in [0.29, 0.717) is 19.6 Å². The summed E-state index contributed by atoms with van der Waals surface area (Å²) >= 11 is 0. The number of hydrogen-bond donors (Lipinski definition) is 0. The summed E-state index contributed by atoms with van der Waals surface area (Å²) in [6.45, 7) is 1.95. The minimum absolute atomic E-state index is 0.0937. The fraction of sp³-hybridized carbons (Fsp3) is 0.800. The number of rotatable bonds is 2. The topological polar surface area (TPSA) is 46.6 Å². The number of ether oxygens (including phenoxy) is 1. The van der Waals surface area contributed by atoms with E-state index in [2.05, 4.69) is 0 Å². The molecule has 0 aromatic heterocycles. The average molecular weight is 197 g/mol. The van der Waals surface area contributed by atoms with Crippen molar-refractivity contribution in [2.75, 3.05) is 19.8 Å². The summed E-state index contributed by atoms with van der Waals surface area (Å²) in [6.07, 6.45) is 3.30. The highest BCUT2D eigenvalue weighted by Crippen LogP contribution is 2.23. The number of nitrogens with zero attached hydrogens (tertiary/aromatic N) is 1. The van der Waals surface area contributed by atoms with Gasteiger partial charge >= 0.3 is 0 Å². The zero-order valence-corrected chi connectivity index (χ0v) is 8.15. The van der Waals surface area contributed by atoms with Crippen molar-refractivity contribution in [3.05, 3.63) is 0 Å². The highest BCUT2D eigenvalue weighted by atomic mass is 16.5. The monoisotopic (exact) mass is 197 g/mol. The molecule has 14 heavy (non-hydrogen) atoms. The molecule has 0 N–H and O–H groups in total. The van der Waals surface area contributed by atoms with Crippen LogP contribution in [-0.4, -0.2) is 42.9 Å². The normalized spacial score (nSPS) is 33.4. The van der Waals surface area contributed by atoms with Crippen LogP contribution in [0.2, 0.25) is 0 Å². The van der Waals surface area contributed by atoms with Gasteiger partial charge in [0, 0.05) is 25.6 Å². The Hall–Kier alpha value is -0.900. The van der Waals surface area contributed by atoms with Crippen molar-refractivity contribution in [1.29, 1.82) is 0 Å². The zero-order valence-electron chi connectivity index (χ0n) is 8.15. The first-order valence-corrected chi connectivity index (χ1v) is 5.15. The highest BCUT2D eigenvalue weighted by Gasteiger charge is 2.35. The highest BCUT2D eigenvalue weighted by molar-refractivity contribution is 5.79. The summed E-state index contributed by atoms with van der Waals surface area (Å²) < 4.78 is 5.23. The van der Waals surface area contributed by atoms with Crippen LogP contribution in [-0.2, 0) is 14.3 Å². The predicted molar refractivity (Wildman–Crippen MR) is 49.7 cm³/mol. The first kappa shape index (κ1) is 9.65. The molecule has 0 radical (unpaired) electrons. The van der Waals surface area contributed by atoms with Gasteiger partial charge in [-0.2, -0.15) is 0 Å². The minimum atomic E-state index is -0.120. The Morgan fingerprint density at radius 2 is 2.36 bits per heavy atom. The number of carbonyl (C=O) groups is 2. The van der Waals surface area contributed by atoms with Crippen molar-refractivity contribution in [2.24, 2.45) is 5.92 Å². The van der Waals surface area contributed by atoms with Gasteiger partial charge in [0.2, 0.25) is 5.91 Å². The second kappa shape index (κ2) is 4.09. The van der Waals surface area contributed by atoms with Crippen LogP contribution in [0.15, 0.2) is 0 Å². The fourth-order valence-electron chi connectivity index (χ4n) is 2.29. The molecule has 1 amide bonds. The second-order valence-electron chi connectivity index (χ2n) is 3.92. The fourth-order valence-corrected chi connectivity index (χ4v) is 2.29. The molecule has 2 fully saturated rings. The molecule has 0 bridgehead atoms. The Morgan fingerprint density at radius 3 is 3.00 bits per heavy atom. The summed E-state index contributed by atoms with van der Waals surface area (Å²) in [4.78, 5) is 24.2. The molecule has 78 valence electrons. The molecule has 4 nitrogen and oxygen atoms in total. The van der Waals surface area contributed by atoms with Gasteiger partial charge in [0.25, 0.3) is 0 Å². The molecule has 4 heteroatoms. The number of hydrogen-bond acceptors (Lipinski definition) is 3. The van der Waals surface area contributed by atoms with E-state index in [1.807, 2.05) is 4.90 Å². The molecular formula is C10H15NO3. The number of carbonyl (C=O) groups excluding carboxylic acids is 2. The second-order valence-corrected chi connectivity index (χ2v) is 3.92. The SMILES string of the molecule is O=CC1COCCC1N1CCCC1=O. The molecule has 2 atom stereocenters. The van der Waals surface area contributed by atoms with Crippen LogP contribution in [0.3, 0.4) is 0 Å². The number of likely N-dealkylation sites (tertiary alicyclic amines) is 1. The van der Waals surface area contributed by atoms with Gasteiger partial charge in [-0.05, 0) is 12.8 Å². The smallest absolute Gasteiger partial charge is 0.222 e. The van der Waals surface area contributed by atoms with E-state index < -0.39 is 0 Å². The van der Waals surface area contributed by atoms with Crippen LogP contribution in [0.5, 0.6) is 0 Å². The van der Waals surface area contributed by atoms with Gasteiger partial charge < -0.3 is 14.4 Å². The molecular weight excluding hydrogens is 182 g/mol. The molecule has 2 saturated heterocycles. The van der Waals surface area contributed by atoms with E-state index in [-0.39, 0.29) is 17.9 Å². The van der Waals surface area contributed by atoms with Crippen molar-refractivity contribution >= 4 is 12.2 Å². The predicted octanol–water partition coefficient (Wildman–Crippen LogP) is 0.213. The van der Waals surface area contributed by atoms with E-state index >= 15 is 0 Å². The first-order valence-electron chi connectivity index (χ1n) is 5.15. The Bertz CT molecular complexity index is 242. The summed E-state index contributed by atoms with van der Waals surface area (Å²) in [5.74, 6) is 0.0783. The molecule has 2 heterocycles. The van der Waals surface area contributed by atoms with Crippen molar-refractivity contribution in [3.63, 3.8) is 0 Å². The van der Waals surface area contributed by atoms with Crippen molar-refractivity contribution in [3.8, 4) is 0 Å². The third kappa shape index (κ3) is 1.66. The van der Waals surface area contributed by atoms with Gasteiger partial charge in [-0.15, -0.1) is 0 Å². The number of aldehydes is 1. The molecule has 2 rings (SSSR count). The van der Waals surface area contributed by atoms with Gasteiger partial charge in [0.1, 0.15) is 6.29 Å². The third-order valence-corrected chi connectivity index (χ3v) is 3.05. The van der Waals surface area contributed by atoms with Crippen LogP contribution in [0.25, 0.3) is 0 Å². The zero-order chi connectivity index (χ0) is 9.97. The van der Waals surface area contributed by atoms with Crippen molar-refractivity contribution in [2.45, 2.75) is 25.3 Å². The molecule has 2 unspecified atom stereocenters. The Kier molecular flexibility index (Phi) is 2.82. The standard InChI is InChI=1S/C10H15NO3/c12-6-8-7-14-5-3-9(8)11-4-1-2-10(11)13/h6,8-9H,1-5,7H2. The van der Waals surface area contributed by atoms with Crippen molar-refractivity contribution < 1.29 is 14.3 Å². The molecule has 0 aliphatic carbocycles. The Labute approximate surface area is 83.2 Å². The van der Waals surface area contributed by atoms with Crippen LogP contribution in [0.4, 0.5) is 0 Å². The summed E-state index contributed by atoms with van der Waals surface area (Å²) in [7, 11) is 0. The minimum Gasteiger partial charge on any atom is -0.381 e. The Balaban J connectivity index is 2.06. The summed E-state index contributed by atoms with van der Waals surface area (Å²) in [5.41, 5.74) is 0. The van der Waals surface area contributed by atoms with Gasteiger partial charge in [-0.3, -0.25) is 4.79 Å². The van der Waals surface area contributed by atoms with E-state index in [1.165, 1.54) is 0 Å². The van der Waals surface area contributed by atoms with Crippen LogP contribution in [0.1, 0.15) is 19.3 Å². The largest absolute Gasteiger partial charge is 0.381 e. The lowest BCUT2D eigenvalue weighted by Crippen LogP contribution is -2.46. The van der Waals surface area contributed by atoms with Crippen LogP contribution >= 0.6 is 0 Å². The van der Waals surface area contributed by atoms with E-state index in [1.54, 1.807) is 0 Å². The van der Waals surface area contributed by atoms with Gasteiger partial charge in [-0.1, -0.05) is 0 Å². The van der Waals surface area contributed by atoms with E-state index in [9.17, 15) is 9.59 Å². The average Bonchev–Trinajstić information content (AvgIpc) is 2.64. The summed E-state index contributed by atoms with van der Waals surface area (Å²) in [6, 6.07) is 0.0937. The Morgan fingerprint density at radius 1 is 1.50 bits per heavy atom. The molecule has 0 saturated carbocycles. The van der Waals surface area contributed by atoms with Crippen LogP contribution in [0, 0.1) is 5.92 Å². The van der Waals surface area contributed by atoms with Gasteiger partial charge in [0.05, 0.1) is 12.5 Å².